The molecule has 0 N–H and O–H groups in total. The predicted molar refractivity (Wildman–Crippen MR) is 120 cm³/mol. The maximum Gasteiger partial charge on any atom is 0.338 e. The molecule has 1 heterocycles. The lowest BCUT2D eigenvalue weighted by Gasteiger charge is -2.57. The summed E-state index contributed by atoms with van der Waals surface area (Å²) in [4.78, 5) is 39.9. The highest BCUT2D eigenvalue weighted by molar-refractivity contribution is 6.34. The van der Waals surface area contributed by atoms with Crippen LogP contribution in [0.4, 0.5) is 5.69 Å². The molecule has 32 heavy (non-hydrogen) atoms. The molecule has 0 unspecified atom stereocenters. The molecule has 7 rings (SSSR count). The van der Waals surface area contributed by atoms with Crippen molar-refractivity contribution >= 4 is 23.5 Å². The van der Waals surface area contributed by atoms with Gasteiger partial charge < -0.3 is 4.74 Å². The Bertz CT molecular complexity index is 1110. The molecule has 5 aliphatic rings. The van der Waals surface area contributed by atoms with Crippen molar-refractivity contribution in [2.24, 2.45) is 17.8 Å². The number of nitrogens with zero attached hydrogens (tertiary/aromatic N) is 1. The fourth-order valence-corrected chi connectivity index (χ4v) is 7.26. The van der Waals surface area contributed by atoms with Crippen LogP contribution in [0.15, 0.2) is 42.5 Å². The number of benzene rings is 2. The van der Waals surface area contributed by atoms with Crippen LogP contribution in [0.25, 0.3) is 0 Å². The average Bonchev–Trinajstić information content (AvgIpc) is 3.03. The fourth-order valence-electron chi connectivity index (χ4n) is 7.26. The van der Waals surface area contributed by atoms with Crippen LogP contribution < -0.4 is 4.90 Å². The van der Waals surface area contributed by atoms with Gasteiger partial charge in [0.2, 0.25) is 0 Å². The zero-order valence-electron chi connectivity index (χ0n) is 18.3. The smallest absolute Gasteiger partial charge is 0.338 e. The topological polar surface area (TPSA) is 63.7 Å². The molecule has 0 saturated heterocycles. The van der Waals surface area contributed by atoms with Crippen LogP contribution in [-0.2, 0) is 10.2 Å². The second-order valence-electron chi connectivity index (χ2n) is 10.2. The van der Waals surface area contributed by atoms with Gasteiger partial charge in [-0.15, -0.1) is 0 Å². The Labute approximate surface area is 187 Å². The summed E-state index contributed by atoms with van der Waals surface area (Å²) >= 11 is 0. The molecule has 0 aromatic heterocycles. The first-order valence-electron chi connectivity index (χ1n) is 11.8. The molecule has 4 aliphatic carbocycles. The molecule has 0 radical (unpaired) electrons. The summed E-state index contributed by atoms with van der Waals surface area (Å²) < 4.78 is 5.07. The van der Waals surface area contributed by atoms with E-state index in [2.05, 4.69) is 6.07 Å². The first-order valence-corrected chi connectivity index (χ1v) is 11.8. The van der Waals surface area contributed by atoms with Gasteiger partial charge in [-0.05, 0) is 105 Å². The highest BCUT2D eigenvalue weighted by Gasteiger charge is 2.52. The maximum atomic E-state index is 13.4. The SMILES string of the molecule is CCOC(=O)c1cccc(N2C(=O)c3ccc(C45CC6CC(CC(C6)C4)C5)cc3C2=O)c1. The summed E-state index contributed by atoms with van der Waals surface area (Å²) in [6.07, 6.45) is 7.74. The summed E-state index contributed by atoms with van der Waals surface area (Å²) in [5.41, 5.74) is 3.08. The summed E-state index contributed by atoms with van der Waals surface area (Å²) in [6.45, 7) is 2.01. The molecule has 4 fully saturated rings. The third-order valence-corrected chi connectivity index (χ3v) is 8.15. The minimum Gasteiger partial charge on any atom is -0.462 e. The Hall–Kier alpha value is -2.95. The van der Waals surface area contributed by atoms with Crippen LogP contribution in [0.5, 0.6) is 0 Å². The van der Waals surface area contributed by atoms with Crippen LogP contribution >= 0.6 is 0 Å². The second-order valence-corrected chi connectivity index (χ2v) is 10.2. The van der Waals surface area contributed by atoms with E-state index in [0.717, 1.165) is 17.8 Å². The molecular weight excluding hydrogens is 402 g/mol. The second kappa shape index (κ2) is 7.03. The number of imide groups is 1. The molecule has 5 heteroatoms. The third-order valence-electron chi connectivity index (χ3n) is 8.15. The highest BCUT2D eigenvalue weighted by Crippen LogP contribution is 2.60. The fraction of sp³-hybridized carbons (Fsp3) is 0.444. The van der Waals surface area contributed by atoms with E-state index in [1.165, 1.54) is 49.0 Å². The van der Waals surface area contributed by atoms with E-state index in [9.17, 15) is 14.4 Å². The first-order chi connectivity index (χ1) is 15.5. The third kappa shape index (κ3) is 2.86. The number of hydrogen-bond donors (Lipinski definition) is 0. The van der Waals surface area contributed by atoms with E-state index >= 15 is 0 Å². The van der Waals surface area contributed by atoms with Gasteiger partial charge in [-0.2, -0.15) is 0 Å². The number of esters is 1. The lowest BCUT2D eigenvalue weighted by Crippen LogP contribution is -2.48. The highest BCUT2D eigenvalue weighted by atomic mass is 16.5. The van der Waals surface area contributed by atoms with Crippen molar-refractivity contribution in [1.82, 2.24) is 0 Å². The number of hydrogen-bond acceptors (Lipinski definition) is 4. The van der Waals surface area contributed by atoms with Crippen molar-refractivity contribution in [2.45, 2.75) is 50.9 Å². The molecule has 4 bridgehead atoms. The number of fused-ring (bicyclic) bond motifs is 1. The molecule has 5 nitrogen and oxygen atoms in total. The number of carbonyl (C=O) groups excluding carboxylic acids is 3. The zero-order valence-corrected chi connectivity index (χ0v) is 18.3. The van der Waals surface area contributed by atoms with Gasteiger partial charge >= 0.3 is 5.97 Å². The molecule has 4 saturated carbocycles. The maximum absolute atomic E-state index is 13.4. The molecule has 164 valence electrons. The van der Waals surface area contributed by atoms with Gasteiger partial charge in [-0.1, -0.05) is 12.1 Å². The van der Waals surface area contributed by atoms with Gasteiger partial charge in [0.1, 0.15) is 0 Å². The van der Waals surface area contributed by atoms with E-state index in [1.807, 2.05) is 12.1 Å². The van der Waals surface area contributed by atoms with E-state index in [-0.39, 0.29) is 23.8 Å². The Morgan fingerprint density at radius 2 is 1.59 bits per heavy atom. The quantitative estimate of drug-likeness (QED) is 0.499. The van der Waals surface area contributed by atoms with Gasteiger partial charge in [-0.25, -0.2) is 9.69 Å². The lowest BCUT2D eigenvalue weighted by molar-refractivity contribution is -0.00521. The number of amides is 2. The lowest BCUT2D eigenvalue weighted by atomic mass is 9.48. The van der Waals surface area contributed by atoms with Crippen LogP contribution in [0.1, 0.15) is 82.1 Å². The Morgan fingerprint density at radius 3 is 2.25 bits per heavy atom. The minimum atomic E-state index is -0.463. The summed E-state index contributed by atoms with van der Waals surface area (Å²) in [6, 6.07) is 12.5. The van der Waals surface area contributed by atoms with Crippen molar-refractivity contribution in [3.63, 3.8) is 0 Å². The van der Waals surface area contributed by atoms with Crippen LogP contribution in [0.2, 0.25) is 0 Å². The monoisotopic (exact) mass is 429 g/mol. The summed E-state index contributed by atoms with van der Waals surface area (Å²) in [7, 11) is 0. The van der Waals surface area contributed by atoms with Crippen molar-refractivity contribution in [2.75, 3.05) is 11.5 Å². The van der Waals surface area contributed by atoms with Crippen molar-refractivity contribution < 1.29 is 19.1 Å². The molecule has 2 amide bonds. The molecular formula is C27H27NO4. The molecule has 2 aromatic carbocycles. The van der Waals surface area contributed by atoms with Crippen molar-refractivity contribution in [1.29, 1.82) is 0 Å². The zero-order chi connectivity index (χ0) is 22.0. The van der Waals surface area contributed by atoms with Gasteiger partial charge in [0.05, 0.1) is 29.0 Å². The number of carbonyl (C=O) groups is 3. The Kier molecular flexibility index (Phi) is 4.33. The summed E-state index contributed by atoms with van der Waals surface area (Å²) in [5.74, 6) is 1.34. The molecule has 0 atom stereocenters. The molecule has 1 aliphatic heterocycles. The van der Waals surface area contributed by atoms with E-state index in [4.69, 9.17) is 4.74 Å². The van der Waals surface area contributed by atoms with E-state index in [0.29, 0.717) is 22.4 Å². The van der Waals surface area contributed by atoms with Crippen LogP contribution in [0.3, 0.4) is 0 Å². The standard InChI is InChI=1S/C27H27NO4/c1-2-32-26(31)19-4-3-5-21(11-19)28-24(29)22-7-6-20(12-23(22)25(28)30)27-13-16-8-17(14-27)10-18(9-16)15-27/h3-7,11-12,16-18H,2,8-10,13-15H2,1H3. The number of rotatable bonds is 4. The summed E-state index contributed by atoms with van der Waals surface area (Å²) in [5, 5.41) is 0. The van der Waals surface area contributed by atoms with Crippen molar-refractivity contribution in [3.8, 4) is 0 Å². The Morgan fingerprint density at radius 1 is 0.938 bits per heavy atom. The van der Waals surface area contributed by atoms with Gasteiger partial charge in [-0.3, -0.25) is 9.59 Å². The van der Waals surface area contributed by atoms with Gasteiger partial charge in [0, 0.05) is 0 Å². The first kappa shape index (κ1) is 19.7. The number of ether oxygens (including phenoxy) is 1. The average molecular weight is 430 g/mol. The number of anilines is 1. The largest absolute Gasteiger partial charge is 0.462 e. The predicted octanol–water partition coefficient (Wildman–Crippen LogP) is 5.13. The van der Waals surface area contributed by atoms with Gasteiger partial charge in [0.15, 0.2) is 0 Å². The molecule has 0 spiro atoms. The van der Waals surface area contributed by atoms with Gasteiger partial charge in [0.25, 0.3) is 11.8 Å². The van der Waals surface area contributed by atoms with Crippen molar-refractivity contribution in [3.05, 3.63) is 64.7 Å². The minimum absolute atomic E-state index is 0.171. The van der Waals surface area contributed by atoms with Crippen LogP contribution in [0, 0.1) is 17.8 Å². The molecule has 2 aromatic rings. The van der Waals surface area contributed by atoms with Crippen LogP contribution in [-0.4, -0.2) is 24.4 Å². The normalized spacial score (nSPS) is 30.0. The van der Waals surface area contributed by atoms with E-state index in [1.54, 1.807) is 31.2 Å². The Balaban J connectivity index is 1.34. The van der Waals surface area contributed by atoms with E-state index < -0.39 is 5.97 Å².